The number of ether oxygens (including phenoxy) is 1. The number of carbonyl (C=O) groups is 1. The van der Waals surface area contributed by atoms with Crippen LogP contribution in [-0.4, -0.2) is 18.1 Å². The Morgan fingerprint density at radius 1 is 1.64 bits per heavy atom. The van der Waals surface area contributed by atoms with Crippen molar-refractivity contribution in [3.05, 3.63) is 36.2 Å². The molecule has 3 nitrogen and oxygen atoms in total. The number of pyridine rings is 1. The smallest absolute Gasteiger partial charge is 0.340 e. The van der Waals surface area contributed by atoms with Crippen LogP contribution >= 0.6 is 0 Å². The molecule has 1 aromatic rings. The van der Waals surface area contributed by atoms with Gasteiger partial charge in [0.1, 0.15) is 0 Å². The van der Waals surface area contributed by atoms with Gasteiger partial charge >= 0.3 is 5.97 Å². The van der Waals surface area contributed by atoms with Gasteiger partial charge in [0.25, 0.3) is 0 Å². The van der Waals surface area contributed by atoms with Crippen molar-refractivity contribution in [3.8, 4) is 12.3 Å². The third-order valence-corrected chi connectivity index (χ3v) is 1.57. The van der Waals surface area contributed by atoms with E-state index >= 15 is 0 Å². The Balaban J connectivity index is 3.10. The summed E-state index contributed by atoms with van der Waals surface area (Å²) in [6.07, 6.45) is 8.02. The number of aromatic nitrogens is 1. The molecule has 1 heterocycles. The van der Waals surface area contributed by atoms with Crippen LogP contribution in [0, 0.1) is 12.3 Å². The molecule has 0 spiro atoms. The molecule has 0 radical (unpaired) electrons. The quantitative estimate of drug-likeness (QED) is 0.397. The molecule has 0 aliphatic carbocycles. The average Bonchev–Trinajstić information content (AvgIpc) is 2.26. The van der Waals surface area contributed by atoms with Gasteiger partial charge in [0.05, 0.1) is 18.4 Å². The van der Waals surface area contributed by atoms with Gasteiger partial charge in [-0.25, -0.2) is 4.79 Å². The Morgan fingerprint density at radius 3 is 2.93 bits per heavy atom. The average molecular weight is 187 g/mol. The fraction of sp³-hybridized carbons (Fsp3) is 0.0909. The Kier molecular flexibility index (Phi) is 3.45. The third-order valence-electron chi connectivity index (χ3n) is 1.57. The summed E-state index contributed by atoms with van der Waals surface area (Å²) < 4.78 is 4.58. The number of hydrogen-bond donors (Lipinski definition) is 0. The molecule has 0 N–H and O–H groups in total. The lowest BCUT2D eigenvalue weighted by Crippen LogP contribution is -2.04. The summed E-state index contributed by atoms with van der Waals surface area (Å²) >= 11 is 0. The van der Waals surface area contributed by atoms with Gasteiger partial charge in [-0.1, -0.05) is 12.0 Å². The lowest BCUT2D eigenvalue weighted by atomic mass is 10.1. The molecule has 70 valence electrons. The number of hydrogen-bond acceptors (Lipinski definition) is 3. The Morgan fingerprint density at radius 2 is 2.43 bits per heavy atom. The molecule has 3 heteroatoms. The van der Waals surface area contributed by atoms with Gasteiger partial charge in [-0.2, -0.15) is 0 Å². The summed E-state index contributed by atoms with van der Waals surface area (Å²) in [5.41, 5.74) is 0.799. The highest BCUT2D eigenvalue weighted by molar-refractivity contribution is 6.16. The van der Waals surface area contributed by atoms with Gasteiger partial charge in [0.2, 0.25) is 0 Å². The summed E-state index contributed by atoms with van der Waals surface area (Å²) in [5, 5.41) is 0. The summed E-state index contributed by atoms with van der Waals surface area (Å²) in [5.74, 6) is 1.79. The molecule has 0 saturated heterocycles. The second-order valence-electron chi connectivity index (χ2n) is 2.43. The molecule has 0 aromatic carbocycles. The van der Waals surface area contributed by atoms with Crippen molar-refractivity contribution in [2.24, 2.45) is 0 Å². The van der Waals surface area contributed by atoms with Crippen molar-refractivity contribution in [1.82, 2.24) is 4.98 Å². The van der Waals surface area contributed by atoms with Crippen LogP contribution in [0.1, 0.15) is 5.69 Å². The SMILES string of the molecule is C#CC=C(C(=O)OC)c1ccccn1. The standard InChI is InChI=1S/C11H9NO2/c1-3-6-9(11(13)14-2)10-7-4-5-8-12-10/h1,4-8H,2H3. The lowest BCUT2D eigenvalue weighted by Gasteiger charge is -2.02. The van der Waals surface area contributed by atoms with Gasteiger partial charge in [-0.3, -0.25) is 4.98 Å². The van der Waals surface area contributed by atoms with Crippen LogP contribution in [0.3, 0.4) is 0 Å². The molecule has 0 fully saturated rings. The van der Waals surface area contributed by atoms with E-state index in [2.05, 4.69) is 15.6 Å². The van der Waals surface area contributed by atoms with Crippen molar-refractivity contribution < 1.29 is 9.53 Å². The van der Waals surface area contributed by atoms with E-state index in [0.29, 0.717) is 5.69 Å². The van der Waals surface area contributed by atoms with Crippen LogP contribution in [0.15, 0.2) is 30.5 Å². The zero-order chi connectivity index (χ0) is 10.4. The summed E-state index contributed by atoms with van der Waals surface area (Å²) in [4.78, 5) is 15.3. The van der Waals surface area contributed by atoms with Crippen LogP contribution in [0.25, 0.3) is 5.57 Å². The first kappa shape index (κ1) is 10.0. The largest absolute Gasteiger partial charge is 0.465 e. The Hall–Kier alpha value is -2.08. The van der Waals surface area contributed by atoms with Crippen LogP contribution in [0.2, 0.25) is 0 Å². The molecule has 0 saturated carbocycles. The van der Waals surface area contributed by atoms with E-state index in [4.69, 9.17) is 6.42 Å². The van der Waals surface area contributed by atoms with E-state index < -0.39 is 5.97 Å². The first-order chi connectivity index (χ1) is 6.79. The van der Waals surface area contributed by atoms with E-state index in [0.717, 1.165) is 0 Å². The topological polar surface area (TPSA) is 39.2 Å². The van der Waals surface area contributed by atoms with Gasteiger partial charge < -0.3 is 4.74 Å². The lowest BCUT2D eigenvalue weighted by molar-refractivity contribution is -0.133. The monoisotopic (exact) mass is 187 g/mol. The second-order valence-corrected chi connectivity index (χ2v) is 2.43. The molecular formula is C11H9NO2. The first-order valence-corrected chi connectivity index (χ1v) is 3.95. The fourth-order valence-electron chi connectivity index (χ4n) is 0.953. The van der Waals surface area contributed by atoms with Crippen molar-refractivity contribution in [2.75, 3.05) is 7.11 Å². The number of methoxy groups -OCH3 is 1. The first-order valence-electron chi connectivity index (χ1n) is 3.95. The van der Waals surface area contributed by atoms with Gasteiger partial charge in [0.15, 0.2) is 0 Å². The number of nitrogens with zero attached hydrogens (tertiary/aromatic N) is 1. The predicted octanol–water partition coefficient (Wildman–Crippen LogP) is 1.27. The maximum absolute atomic E-state index is 11.3. The maximum atomic E-state index is 11.3. The highest BCUT2D eigenvalue weighted by Gasteiger charge is 2.11. The van der Waals surface area contributed by atoms with Crippen LogP contribution < -0.4 is 0 Å². The zero-order valence-electron chi connectivity index (χ0n) is 7.73. The Labute approximate surface area is 82.4 Å². The van der Waals surface area contributed by atoms with Crippen LogP contribution in [-0.2, 0) is 9.53 Å². The van der Waals surface area contributed by atoms with Crippen LogP contribution in [0.5, 0.6) is 0 Å². The number of esters is 1. The molecule has 0 aliphatic rings. The molecule has 0 atom stereocenters. The summed E-state index contributed by atoms with van der Waals surface area (Å²) in [7, 11) is 1.30. The molecule has 0 aliphatic heterocycles. The van der Waals surface area contributed by atoms with Crippen LogP contribution in [0.4, 0.5) is 0 Å². The predicted molar refractivity (Wildman–Crippen MR) is 53.1 cm³/mol. The highest BCUT2D eigenvalue weighted by atomic mass is 16.5. The minimum absolute atomic E-state index is 0.288. The highest BCUT2D eigenvalue weighted by Crippen LogP contribution is 2.11. The Bertz CT molecular complexity index is 387. The molecule has 0 unspecified atom stereocenters. The molecule has 14 heavy (non-hydrogen) atoms. The van der Waals surface area contributed by atoms with Gasteiger partial charge in [-0.15, -0.1) is 6.42 Å². The van der Waals surface area contributed by atoms with Crippen molar-refractivity contribution in [1.29, 1.82) is 0 Å². The molecule has 0 bridgehead atoms. The fourth-order valence-corrected chi connectivity index (χ4v) is 0.953. The normalized spacial score (nSPS) is 10.4. The maximum Gasteiger partial charge on any atom is 0.340 e. The number of terminal acetylenes is 1. The van der Waals surface area contributed by atoms with E-state index in [-0.39, 0.29) is 5.57 Å². The van der Waals surface area contributed by atoms with E-state index in [9.17, 15) is 4.79 Å². The number of allylic oxidation sites excluding steroid dienone is 1. The van der Waals surface area contributed by atoms with E-state index in [1.165, 1.54) is 13.2 Å². The summed E-state index contributed by atoms with van der Waals surface area (Å²) in [6.45, 7) is 0. The molecular weight excluding hydrogens is 178 g/mol. The summed E-state index contributed by atoms with van der Waals surface area (Å²) in [6, 6.07) is 5.23. The second kappa shape index (κ2) is 4.83. The number of rotatable bonds is 2. The van der Waals surface area contributed by atoms with Gasteiger partial charge in [0, 0.05) is 12.3 Å². The minimum atomic E-state index is -0.485. The molecule has 0 amide bonds. The minimum Gasteiger partial charge on any atom is -0.465 e. The molecule has 1 rings (SSSR count). The zero-order valence-corrected chi connectivity index (χ0v) is 7.73. The van der Waals surface area contributed by atoms with Crippen molar-refractivity contribution in [3.63, 3.8) is 0 Å². The van der Waals surface area contributed by atoms with Crippen molar-refractivity contribution >= 4 is 11.5 Å². The van der Waals surface area contributed by atoms with Gasteiger partial charge in [-0.05, 0) is 12.1 Å². The van der Waals surface area contributed by atoms with E-state index in [1.54, 1.807) is 24.4 Å². The molecule has 1 aromatic heterocycles. The van der Waals surface area contributed by atoms with E-state index in [1.807, 2.05) is 0 Å². The number of carbonyl (C=O) groups excluding carboxylic acids is 1. The van der Waals surface area contributed by atoms with Crippen molar-refractivity contribution in [2.45, 2.75) is 0 Å². The third kappa shape index (κ3) is 2.20.